The van der Waals surface area contributed by atoms with Gasteiger partial charge in [0.2, 0.25) is 0 Å². The fourth-order valence-electron chi connectivity index (χ4n) is 3.33. The quantitative estimate of drug-likeness (QED) is 0.856. The summed E-state index contributed by atoms with van der Waals surface area (Å²) < 4.78 is 1.02. The third-order valence-electron chi connectivity index (χ3n) is 4.46. The van der Waals surface area contributed by atoms with Crippen molar-refractivity contribution in [2.75, 3.05) is 20.6 Å². The average Bonchev–Trinajstić information content (AvgIpc) is 2.63. The molecule has 1 aliphatic carbocycles. The topological polar surface area (TPSA) is 23.5 Å². The highest BCUT2D eigenvalue weighted by Crippen LogP contribution is 2.44. The Balaban J connectivity index is 2.14. The third-order valence-corrected chi connectivity index (χ3v) is 5.12. The van der Waals surface area contributed by atoms with E-state index in [1.54, 1.807) is 0 Å². The predicted molar refractivity (Wildman–Crippen MR) is 100 cm³/mol. The van der Waals surface area contributed by atoms with Crippen molar-refractivity contribution in [2.45, 2.75) is 18.4 Å². The highest BCUT2D eigenvalue weighted by molar-refractivity contribution is 9.15. The minimum absolute atomic E-state index is 0.702. The number of hydrogen-bond donors (Lipinski definition) is 1. The Hall–Kier alpha value is -1.42. The summed E-state index contributed by atoms with van der Waals surface area (Å²) in [5.41, 5.74) is 3.14. The van der Waals surface area contributed by atoms with Crippen LogP contribution < -0.4 is 0 Å². The van der Waals surface area contributed by atoms with E-state index in [4.69, 9.17) is 0 Å². The summed E-state index contributed by atoms with van der Waals surface area (Å²) >= 11 is 3.69. The molecule has 23 heavy (non-hydrogen) atoms. The Kier molecular flexibility index (Phi) is 4.72. The van der Waals surface area contributed by atoms with Crippen molar-refractivity contribution in [2.24, 2.45) is 0 Å². The molecule has 1 N–H and O–H groups in total. The van der Waals surface area contributed by atoms with Gasteiger partial charge in [-0.3, -0.25) is 0 Å². The molecule has 0 spiro atoms. The Morgan fingerprint density at radius 2 is 1.65 bits per heavy atom. The van der Waals surface area contributed by atoms with Gasteiger partial charge in [0.1, 0.15) is 5.60 Å². The van der Waals surface area contributed by atoms with E-state index in [1.807, 2.05) is 36.4 Å². The normalized spacial score (nSPS) is 19.8. The van der Waals surface area contributed by atoms with Crippen LogP contribution in [0.3, 0.4) is 0 Å². The second-order valence-electron chi connectivity index (χ2n) is 6.39. The van der Waals surface area contributed by atoms with E-state index in [2.05, 4.69) is 53.1 Å². The van der Waals surface area contributed by atoms with Crippen LogP contribution in [0, 0.1) is 0 Å². The van der Waals surface area contributed by atoms with E-state index in [0.29, 0.717) is 6.42 Å². The summed E-state index contributed by atoms with van der Waals surface area (Å²) in [6, 6.07) is 16.3. The van der Waals surface area contributed by atoms with E-state index >= 15 is 0 Å². The standard InChI is InChI=1S/C20H22BrNO/c1-22(2)13-7-12-20(23)17-10-5-3-8-15(17)14-19(21)16-9-4-6-11-18(16)20/h3-6,8-11,14,23H,7,12-13H2,1-2H3/t20-/m1/s1. The van der Waals surface area contributed by atoms with Gasteiger partial charge in [0, 0.05) is 4.48 Å². The zero-order valence-corrected chi connectivity index (χ0v) is 15.2. The van der Waals surface area contributed by atoms with Gasteiger partial charge in [-0.25, -0.2) is 0 Å². The van der Waals surface area contributed by atoms with Crippen molar-refractivity contribution < 1.29 is 5.11 Å². The summed E-state index contributed by atoms with van der Waals surface area (Å²) in [6.07, 6.45) is 3.75. The lowest BCUT2D eigenvalue weighted by molar-refractivity contribution is 0.0663. The number of benzene rings is 2. The number of rotatable bonds is 4. The van der Waals surface area contributed by atoms with Crippen LogP contribution in [-0.2, 0) is 5.60 Å². The van der Waals surface area contributed by atoms with E-state index < -0.39 is 5.60 Å². The van der Waals surface area contributed by atoms with Crippen LogP contribution in [0.2, 0.25) is 0 Å². The number of nitrogens with zero attached hydrogens (tertiary/aromatic N) is 1. The van der Waals surface area contributed by atoms with Gasteiger partial charge >= 0.3 is 0 Å². The largest absolute Gasteiger partial charge is 0.380 e. The lowest BCUT2D eigenvalue weighted by Crippen LogP contribution is -2.30. The second-order valence-corrected chi connectivity index (χ2v) is 7.25. The Labute approximate surface area is 146 Å². The lowest BCUT2D eigenvalue weighted by Gasteiger charge is -2.31. The smallest absolute Gasteiger partial charge is 0.116 e. The molecule has 0 aromatic heterocycles. The van der Waals surface area contributed by atoms with Gasteiger partial charge in [0.25, 0.3) is 0 Å². The van der Waals surface area contributed by atoms with E-state index in [1.165, 1.54) is 0 Å². The minimum atomic E-state index is -0.963. The van der Waals surface area contributed by atoms with Crippen LogP contribution in [0.15, 0.2) is 48.5 Å². The number of aliphatic hydroxyl groups is 1. The number of hydrogen-bond acceptors (Lipinski definition) is 2. The zero-order chi connectivity index (χ0) is 16.4. The van der Waals surface area contributed by atoms with Crippen molar-refractivity contribution in [3.05, 3.63) is 70.8 Å². The molecule has 0 amide bonds. The summed E-state index contributed by atoms with van der Waals surface area (Å²) in [4.78, 5) is 2.16. The highest BCUT2D eigenvalue weighted by Gasteiger charge is 2.36. The predicted octanol–water partition coefficient (Wildman–Crippen LogP) is 4.47. The van der Waals surface area contributed by atoms with Crippen LogP contribution >= 0.6 is 15.9 Å². The molecule has 1 atom stereocenters. The van der Waals surface area contributed by atoms with Crippen molar-refractivity contribution in [3.63, 3.8) is 0 Å². The fraction of sp³-hybridized carbons (Fsp3) is 0.300. The highest BCUT2D eigenvalue weighted by atomic mass is 79.9. The first kappa shape index (κ1) is 16.4. The summed E-state index contributed by atoms with van der Waals surface area (Å²) in [5, 5.41) is 11.7. The van der Waals surface area contributed by atoms with Crippen LogP contribution in [0.5, 0.6) is 0 Å². The molecule has 0 saturated heterocycles. The van der Waals surface area contributed by atoms with E-state index in [0.717, 1.165) is 39.7 Å². The average molecular weight is 372 g/mol. The molecule has 2 aromatic rings. The SMILES string of the molecule is CN(C)CCC[C@@]1(O)c2ccccc2C=C(Br)c2ccccc21. The van der Waals surface area contributed by atoms with Crippen LogP contribution in [-0.4, -0.2) is 30.6 Å². The van der Waals surface area contributed by atoms with Gasteiger partial charge in [0.05, 0.1) is 0 Å². The molecule has 0 radical (unpaired) electrons. The first-order valence-electron chi connectivity index (χ1n) is 7.96. The summed E-state index contributed by atoms with van der Waals surface area (Å²) in [5.74, 6) is 0. The van der Waals surface area contributed by atoms with Gasteiger partial charge < -0.3 is 10.0 Å². The maximum Gasteiger partial charge on any atom is 0.116 e. The molecule has 1 aliphatic rings. The van der Waals surface area contributed by atoms with Gasteiger partial charge in [-0.2, -0.15) is 0 Å². The first-order valence-corrected chi connectivity index (χ1v) is 8.75. The van der Waals surface area contributed by atoms with E-state index in [-0.39, 0.29) is 0 Å². The van der Waals surface area contributed by atoms with Crippen molar-refractivity contribution in [1.29, 1.82) is 0 Å². The van der Waals surface area contributed by atoms with Crippen molar-refractivity contribution in [1.82, 2.24) is 4.90 Å². The lowest BCUT2D eigenvalue weighted by atomic mass is 9.80. The molecule has 0 unspecified atom stereocenters. The molecule has 2 aromatic carbocycles. The molecule has 3 rings (SSSR count). The van der Waals surface area contributed by atoms with Crippen molar-refractivity contribution >= 4 is 26.5 Å². The molecule has 0 aliphatic heterocycles. The monoisotopic (exact) mass is 371 g/mol. The maximum atomic E-state index is 11.7. The molecule has 0 saturated carbocycles. The molecule has 0 bridgehead atoms. The molecule has 0 heterocycles. The maximum absolute atomic E-state index is 11.7. The number of halogens is 1. The summed E-state index contributed by atoms with van der Waals surface area (Å²) in [6.45, 7) is 0.960. The Morgan fingerprint density at radius 1 is 1.00 bits per heavy atom. The van der Waals surface area contributed by atoms with Crippen molar-refractivity contribution in [3.8, 4) is 0 Å². The Morgan fingerprint density at radius 3 is 2.39 bits per heavy atom. The zero-order valence-electron chi connectivity index (χ0n) is 13.6. The molecule has 0 fully saturated rings. The van der Waals surface area contributed by atoms with Gasteiger partial charge in [-0.1, -0.05) is 64.5 Å². The fourth-order valence-corrected chi connectivity index (χ4v) is 3.92. The van der Waals surface area contributed by atoms with E-state index in [9.17, 15) is 5.11 Å². The van der Waals surface area contributed by atoms with Crippen LogP contribution in [0.25, 0.3) is 10.6 Å². The van der Waals surface area contributed by atoms with Gasteiger partial charge in [0.15, 0.2) is 0 Å². The summed E-state index contributed by atoms with van der Waals surface area (Å²) in [7, 11) is 4.13. The Bertz CT molecular complexity index is 738. The van der Waals surface area contributed by atoms with Gasteiger partial charge in [-0.05, 0) is 61.8 Å². The molecule has 3 heteroatoms. The molecular weight excluding hydrogens is 350 g/mol. The molecule has 120 valence electrons. The third kappa shape index (κ3) is 3.14. The molecule has 2 nitrogen and oxygen atoms in total. The first-order chi connectivity index (χ1) is 11.0. The van der Waals surface area contributed by atoms with Crippen LogP contribution in [0.4, 0.5) is 0 Å². The molecular formula is C20H22BrNO. The van der Waals surface area contributed by atoms with Crippen LogP contribution in [0.1, 0.15) is 35.1 Å². The van der Waals surface area contributed by atoms with Gasteiger partial charge in [-0.15, -0.1) is 0 Å². The number of fused-ring (bicyclic) bond motifs is 2. The minimum Gasteiger partial charge on any atom is -0.380 e. The second kappa shape index (κ2) is 6.60.